The Balaban J connectivity index is 1.58. The summed E-state index contributed by atoms with van der Waals surface area (Å²) in [4.78, 5) is 21.4. The molecule has 0 bridgehead atoms. The molecule has 0 radical (unpaired) electrons. The van der Waals surface area contributed by atoms with Crippen molar-refractivity contribution < 1.29 is 9.21 Å². The monoisotopic (exact) mass is 377 g/mol. The molecule has 0 atom stereocenters. The molecule has 0 aliphatic rings. The molecule has 6 heteroatoms. The maximum Gasteiger partial charge on any atom is 0.234 e. The first-order valence-electron chi connectivity index (χ1n) is 8.67. The molecule has 1 amide bonds. The first kappa shape index (κ1) is 17.5. The van der Waals surface area contributed by atoms with Crippen molar-refractivity contribution in [2.24, 2.45) is 0 Å². The Labute approximate surface area is 161 Å². The average molecular weight is 377 g/mol. The van der Waals surface area contributed by atoms with Gasteiger partial charge in [0.15, 0.2) is 5.58 Å². The van der Waals surface area contributed by atoms with Crippen molar-refractivity contribution in [2.45, 2.75) is 25.8 Å². The zero-order chi connectivity index (χ0) is 19.0. The molecule has 2 aromatic carbocycles. The summed E-state index contributed by atoms with van der Waals surface area (Å²) in [5.41, 5.74) is 5.18. The standard InChI is InChI=1S/C21H19N3O2S/c1-12-8-9-13(2)16(10-12)24-18(25)11-27-21-20-19(22-14(3)23-21)15-6-4-5-7-17(15)26-20/h4-10H,11H2,1-3H3,(H,24,25). The zero-order valence-electron chi connectivity index (χ0n) is 15.4. The summed E-state index contributed by atoms with van der Waals surface area (Å²) in [6.07, 6.45) is 0. The van der Waals surface area contributed by atoms with E-state index < -0.39 is 0 Å². The second-order valence-electron chi connectivity index (χ2n) is 6.51. The van der Waals surface area contributed by atoms with Gasteiger partial charge in [0.1, 0.15) is 22.0 Å². The highest BCUT2D eigenvalue weighted by molar-refractivity contribution is 8.00. The van der Waals surface area contributed by atoms with E-state index in [1.54, 1.807) is 0 Å². The summed E-state index contributed by atoms with van der Waals surface area (Å²) < 4.78 is 5.95. The number of thioether (sulfide) groups is 1. The summed E-state index contributed by atoms with van der Waals surface area (Å²) in [6, 6.07) is 13.8. The van der Waals surface area contributed by atoms with Gasteiger partial charge in [0.2, 0.25) is 5.91 Å². The SMILES string of the molecule is Cc1ccc(C)c(NC(=O)CSc2nc(C)nc3c2oc2ccccc23)c1. The highest BCUT2D eigenvalue weighted by Crippen LogP contribution is 2.33. The molecule has 0 aliphatic heterocycles. The van der Waals surface area contributed by atoms with Crippen LogP contribution in [0.3, 0.4) is 0 Å². The van der Waals surface area contributed by atoms with E-state index in [2.05, 4.69) is 15.3 Å². The molecule has 0 saturated carbocycles. The lowest BCUT2D eigenvalue weighted by Gasteiger charge is -2.09. The van der Waals surface area contributed by atoms with Gasteiger partial charge in [-0.1, -0.05) is 36.0 Å². The minimum Gasteiger partial charge on any atom is -0.451 e. The number of furan rings is 1. The number of anilines is 1. The van der Waals surface area contributed by atoms with Gasteiger partial charge in [0, 0.05) is 11.1 Å². The third kappa shape index (κ3) is 3.53. The minimum atomic E-state index is -0.0748. The Morgan fingerprint density at radius 3 is 2.78 bits per heavy atom. The maximum atomic E-state index is 12.4. The van der Waals surface area contributed by atoms with Crippen LogP contribution in [0.25, 0.3) is 22.1 Å². The number of carbonyl (C=O) groups is 1. The van der Waals surface area contributed by atoms with E-state index >= 15 is 0 Å². The summed E-state index contributed by atoms with van der Waals surface area (Å²) >= 11 is 1.36. The van der Waals surface area contributed by atoms with Gasteiger partial charge >= 0.3 is 0 Å². The van der Waals surface area contributed by atoms with Crippen molar-refractivity contribution in [3.8, 4) is 0 Å². The fourth-order valence-corrected chi connectivity index (χ4v) is 3.77. The molecule has 1 N–H and O–H groups in total. The maximum absolute atomic E-state index is 12.4. The number of hydrogen-bond acceptors (Lipinski definition) is 5. The van der Waals surface area contributed by atoms with Crippen LogP contribution in [-0.4, -0.2) is 21.6 Å². The predicted molar refractivity (Wildman–Crippen MR) is 109 cm³/mol. The number of aryl methyl sites for hydroxylation is 3. The molecule has 0 saturated heterocycles. The number of nitrogens with one attached hydrogen (secondary N) is 1. The molecule has 0 unspecified atom stereocenters. The van der Waals surface area contributed by atoms with Crippen LogP contribution in [0.1, 0.15) is 17.0 Å². The van der Waals surface area contributed by atoms with Crippen molar-refractivity contribution in [1.29, 1.82) is 0 Å². The number of nitrogens with zero attached hydrogens (tertiary/aromatic N) is 2. The van der Waals surface area contributed by atoms with E-state index in [-0.39, 0.29) is 11.7 Å². The van der Waals surface area contributed by atoms with Gasteiger partial charge in [-0.05, 0) is 50.1 Å². The highest BCUT2D eigenvalue weighted by atomic mass is 32.2. The predicted octanol–water partition coefficient (Wildman–Crippen LogP) is 5.03. The average Bonchev–Trinajstić information content (AvgIpc) is 3.01. The summed E-state index contributed by atoms with van der Waals surface area (Å²) in [5, 5.41) is 4.62. The fraction of sp³-hybridized carbons (Fsp3) is 0.190. The molecule has 5 nitrogen and oxygen atoms in total. The smallest absolute Gasteiger partial charge is 0.234 e. The number of benzene rings is 2. The quantitative estimate of drug-likeness (QED) is 0.399. The number of para-hydroxylation sites is 1. The number of amides is 1. The van der Waals surface area contributed by atoms with E-state index in [0.29, 0.717) is 16.4 Å². The van der Waals surface area contributed by atoms with Crippen molar-refractivity contribution in [3.05, 3.63) is 59.4 Å². The van der Waals surface area contributed by atoms with Gasteiger partial charge in [-0.25, -0.2) is 9.97 Å². The number of aromatic nitrogens is 2. The number of fused-ring (bicyclic) bond motifs is 3. The van der Waals surface area contributed by atoms with Crippen LogP contribution in [0.2, 0.25) is 0 Å². The number of hydrogen-bond donors (Lipinski definition) is 1. The van der Waals surface area contributed by atoms with Crippen LogP contribution < -0.4 is 5.32 Å². The van der Waals surface area contributed by atoms with E-state index in [0.717, 1.165) is 33.3 Å². The molecule has 0 aliphatic carbocycles. The van der Waals surface area contributed by atoms with Crippen LogP contribution in [-0.2, 0) is 4.79 Å². The van der Waals surface area contributed by atoms with Gasteiger partial charge in [-0.3, -0.25) is 4.79 Å². The Morgan fingerprint density at radius 1 is 1.11 bits per heavy atom. The van der Waals surface area contributed by atoms with E-state index in [1.165, 1.54) is 11.8 Å². The summed E-state index contributed by atoms with van der Waals surface area (Å²) in [6.45, 7) is 5.83. The van der Waals surface area contributed by atoms with Crippen LogP contribution >= 0.6 is 11.8 Å². The molecule has 0 spiro atoms. The number of carbonyl (C=O) groups excluding carboxylic acids is 1. The van der Waals surface area contributed by atoms with Crippen LogP contribution in [0.15, 0.2) is 51.9 Å². The highest BCUT2D eigenvalue weighted by Gasteiger charge is 2.16. The molecule has 136 valence electrons. The second kappa shape index (κ2) is 7.04. The molecule has 4 rings (SSSR count). The lowest BCUT2D eigenvalue weighted by Crippen LogP contribution is -2.15. The second-order valence-corrected chi connectivity index (χ2v) is 7.47. The molecular formula is C21H19N3O2S. The first-order valence-corrected chi connectivity index (χ1v) is 9.65. The Morgan fingerprint density at radius 2 is 1.93 bits per heavy atom. The van der Waals surface area contributed by atoms with Crippen molar-refractivity contribution in [3.63, 3.8) is 0 Å². The van der Waals surface area contributed by atoms with Gasteiger partial charge in [0.05, 0.1) is 5.75 Å². The fourth-order valence-electron chi connectivity index (χ4n) is 2.96. The topological polar surface area (TPSA) is 68.0 Å². The molecule has 0 fully saturated rings. The van der Waals surface area contributed by atoms with Gasteiger partial charge in [-0.15, -0.1) is 0 Å². The lowest BCUT2D eigenvalue weighted by atomic mass is 10.1. The Kier molecular flexibility index (Phi) is 4.58. The zero-order valence-corrected chi connectivity index (χ0v) is 16.2. The normalized spacial score (nSPS) is 11.2. The van der Waals surface area contributed by atoms with Crippen LogP contribution in [0, 0.1) is 20.8 Å². The van der Waals surface area contributed by atoms with E-state index in [1.807, 2.05) is 63.2 Å². The largest absolute Gasteiger partial charge is 0.451 e. The molecule has 2 aromatic heterocycles. The van der Waals surface area contributed by atoms with Gasteiger partial charge < -0.3 is 9.73 Å². The number of rotatable bonds is 4. The third-order valence-electron chi connectivity index (χ3n) is 4.31. The Hall–Kier alpha value is -2.86. The molecular weight excluding hydrogens is 358 g/mol. The molecule has 4 aromatic rings. The lowest BCUT2D eigenvalue weighted by molar-refractivity contribution is -0.113. The first-order chi connectivity index (χ1) is 13.0. The van der Waals surface area contributed by atoms with Crippen LogP contribution in [0.5, 0.6) is 0 Å². The van der Waals surface area contributed by atoms with Crippen LogP contribution in [0.4, 0.5) is 5.69 Å². The summed E-state index contributed by atoms with van der Waals surface area (Å²) in [7, 11) is 0. The van der Waals surface area contributed by atoms with Gasteiger partial charge in [0.25, 0.3) is 0 Å². The minimum absolute atomic E-state index is 0.0748. The van der Waals surface area contributed by atoms with Crippen molar-refractivity contribution in [2.75, 3.05) is 11.1 Å². The molecule has 2 heterocycles. The van der Waals surface area contributed by atoms with E-state index in [9.17, 15) is 4.79 Å². The van der Waals surface area contributed by atoms with Crippen molar-refractivity contribution >= 4 is 45.4 Å². The third-order valence-corrected chi connectivity index (χ3v) is 5.26. The summed E-state index contributed by atoms with van der Waals surface area (Å²) in [5.74, 6) is 0.830. The molecule has 27 heavy (non-hydrogen) atoms. The van der Waals surface area contributed by atoms with Crippen molar-refractivity contribution in [1.82, 2.24) is 9.97 Å². The van der Waals surface area contributed by atoms with Gasteiger partial charge in [-0.2, -0.15) is 0 Å². The van der Waals surface area contributed by atoms with E-state index in [4.69, 9.17) is 4.42 Å². The Bertz CT molecular complexity index is 1170.